The van der Waals surface area contributed by atoms with Crippen LogP contribution in [0, 0.1) is 0 Å². The number of nitrogens with zero attached hydrogens (tertiary/aromatic N) is 1. The number of anilines is 1. The largest absolute Gasteiger partial charge is 0.372 e. The van der Waals surface area contributed by atoms with Crippen LogP contribution in [0.25, 0.3) is 10.8 Å². The molecule has 0 aliphatic carbocycles. The Hall–Kier alpha value is -1.02. The first-order valence-corrected chi connectivity index (χ1v) is 12.5. The van der Waals surface area contributed by atoms with Gasteiger partial charge in [0.15, 0.2) is 0 Å². The van der Waals surface area contributed by atoms with Crippen LogP contribution in [0.2, 0.25) is 0 Å². The summed E-state index contributed by atoms with van der Waals surface area (Å²) in [6.45, 7) is 6.98. The summed E-state index contributed by atoms with van der Waals surface area (Å²) in [7, 11) is 0. The number of fused-ring (bicyclic) bond motifs is 1. The highest BCUT2D eigenvalue weighted by Gasteiger charge is 2.08. The zero-order chi connectivity index (χ0) is 20.0. The van der Waals surface area contributed by atoms with Crippen molar-refractivity contribution in [1.29, 1.82) is 0 Å². The summed E-state index contributed by atoms with van der Waals surface area (Å²) in [5, 5.41) is 2.66. The molecule has 28 heavy (non-hydrogen) atoms. The first-order valence-electron chi connectivity index (χ1n) is 11.7. The summed E-state index contributed by atoms with van der Waals surface area (Å²) in [5.74, 6) is 0. The highest BCUT2D eigenvalue weighted by molar-refractivity contribution is 9.10. The highest BCUT2D eigenvalue weighted by Crippen LogP contribution is 2.26. The fraction of sp³-hybridized carbons (Fsp3) is 0.615. The maximum atomic E-state index is 3.59. The zero-order valence-corrected chi connectivity index (χ0v) is 19.8. The zero-order valence-electron chi connectivity index (χ0n) is 18.2. The van der Waals surface area contributed by atoms with Crippen molar-refractivity contribution < 1.29 is 0 Å². The molecule has 0 bridgehead atoms. The van der Waals surface area contributed by atoms with Gasteiger partial charge < -0.3 is 4.90 Å². The second kappa shape index (κ2) is 14.0. The average Bonchev–Trinajstić information content (AvgIpc) is 2.71. The second-order valence-corrected chi connectivity index (χ2v) is 9.11. The molecular formula is C26H40BrN. The Kier molecular flexibility index (Phi) is 11.7. The fourth-order valence-corrected chi connectivity index (χ4v) is 4.32. The molecule has 0 unspecified atom stereocenters. The van der Waals surface area contributed by atoms with Gasteiger partial charge in [-0.1, -0.05) is 106 Å². The summed E-state index contributed by atoms with van der Waals surface area (Å²) >= 11 is 3.59. The number of unbranched alkanes of at least 4 members (excludes halogenated alkanes) is 10. The van der Waals surface area contributed by atoms with E-state index >= 15 is 0 Å². The van der Waals surface area contributed by atoms with E-state index in [2.05, 4.69) is 71.1 Å². The SMILES string of the molecule is CCCCCCCCN(CCCCCCCC)c1ccc2cc(Br)ccc2c1. The van der Waals surface area contributed by atoms with Gasteiger partial charge in [-0.25, -0.2) is 0 Å². The van der Waals surface area contributed by atoms with Gasteiger partial charge in [-0.15, -0.1) is 0 Å². The molecule has 2 aromatic carbocycles. The Bertz CT molecular complexity index is 651. The first-order chi connectivity index (χ1) is 13.7. The van der Waals surface area contributed by atoms with Crippen molar-refractivity contribution in [2.75, 3.05) is 18.0 Å². The normalized spacial score (nSPS) is 11.2. The van der Waals surface area contributed by atoms with Crippen molar-refractivity contribution in [3.63, 3.8) is 0 Å². The Morgan fingerprint density at radius 3 is 1.71 bits per heavy atom. The molecule has 0 fully saturated rings. The Morgan fingerprint density at radius 2 is 1.11 bits per heavy atom. The van der Waals surface area contributed by atoms with Crippen LogP contribution in [0.15, 0.2) is 40.9 Å². The monoisotopic (exact) mass is 445 g/mol. The van der Waals surface area contributed by atoms with Crippen LogP contribution in [0.1, 0.15) is 90.9 Å². The van der Waals surface area contributed by atoms with E-state index < -0.39 is 0 Å². The number of benzene rings is 2. The molecule has 2 aromatic rings. The maximum Gasteiger partial charge on any atom is 0.0372 e. The summed E-state index contributed by atoms with van der Waals surface area (Å²) in [6, 6.07) is 13.6. The Labute approximate surface area is 182 Å². The molecule has 0 aliphatic rings. The van der Waals surface area contributed by atoms with E-state index in [0.29, 0.717) is 0 Å². The summed E-state index contributed by atoms with van der Waals surface area (Å²) < 4.78 is 1.16. The molecule has 0 N–H and O–H groups in total. The lowest BCUT2D eigenvalue weighted by Gasteiger charge is -2.25. The van der Waals surface area contributed by atoms with Crippen LogP contribution >= 0.6 is 15.9 Å². The third kappa shape index (κ3) is 8.55. The molecular weight excluding hydrogens is 406 g/mol. The lowest BCUT2D eigenvalue weighted by molar-refractivity contribution is 0.575. The van der Waals surface area contributed by atoms with Crippen molar-refractivity contribution in [3.8, 4) is 0 Å². The number of rotatable bonds is 15. The van der Waals surface area contributed by atoms with Crippen molar-refractivity contribution in [2.45, 2.75) is 90.9 Å². The van der Waals surface area contributed by atoms with E-state index in [4.69, 9.17) is 0 Å². The smallest absolute Gasteiger partial charge is 0.0372 e. The Morgan fingerprint density at radius 1 is 0.607 bits per heavy atom. The van der Waals surface area contributed by atoms with Crippen LogP contribution in [-0.2, 0) is 0 Å². The minimum atomic E-state index is 1.16. The van der Waals surface area contributed by atoms with Gasteiger partial charge in [-0.05, 0) is 47.9 Å². The van der Waals surface area contributed by atoms with Gasteiger partial charge in [0.2, 0.25) is 0 Å². The van der Waals surface area contributed by atoms with Gasteiger partial charge >= 0.3 is 0 Å². The molecule has 0 aliphatic heterocycles. The predicted molar refractivity (Wildman–Crippen MR) is 131 cm³/mol. The van der Waals surface area contributed by atoms with Crippen LogP contribution in [0.5, 0.6) is 0 Å². The van der Waals surface area contributed by atoms with Crippen molar-refractivity contribution in [2.24, 2.45) is 0 Å². The topological polar surface area (TPSA) is 3.24 Å². The van der Waals surface area contributed by atoms with Crippen molar-refractivity contribution in [3.05, 3.63) is 40.9 Å². The Balaban J connectivity index is 1.93. The number of halogens is 1. The first kappa shape index (κ1) is 23.3. The summed E-state index contributed by atoms with van der Waals surface area (Å²) in [4.78, 5) is 2.64. The quantitative estimate of drug-likeness (QED) is 0.247. The summed E-state index contributed by atoms with van der Waals surface area (Å²) in [5.41, 5.74) is 1.40. The molecule has 156 valence electrons. The van der Waals surface area contributed by atoms with Gasteiger partial charge in [-0.3, -0.25) is 0 Å². The van der Waals surface area contributed by atoms with E-state index in [1.54, 1.807) is 0 Å². The van der Waals surface area contributed by atoms with Crippen LogP contribution in [0.3, 0.4) is 0 Å². The number of hydrogen-bond donors (Lipinski definition) is 0. The minimum Gasteiger partial charge on any atom is -0.372 e. The lowest BCUT2D eigenvalue weighted by Crippen LogP contribution is -2.25. The molecule has 0 atom stereocenters. The fourth-order valence-electron chi connectivity index (χ4n) is 3.94. The third-order valence-corrected chi connectivity index (χ3v) is 6.21. The number of hydrogen-bond acceptors (Lipinski definition) is 1. The van der Waals surface area contributed by atoms with E-state index in [-0.39, 0.29) is 0 Å². The highest BCUT2D eigenvalue weighted by atomic mass is 79.9. The van der Waals surface area contributed by atoms with E-state index in [1.807, 2.05) is 0 Å². The van der Waals surface area contributed by atoms with Gasteiger partial charge in [-0.2, -0.15) is 0 Å². The molecule has 2 rings (SSSR count). The molecule has 0 saturated carbocycles. The second-order valence-electron chi connectivity index (χ2n) is 8.20. The molecule has 0 heterocycles. The summed E-state index contributed by atoms with van der Waals surface area (Å²) in [6.07, 6.45) is 16.4. The van der Waals surface area contributed by atoms with E-state index in [9.17, 15) is 0 Å². The molecule has 0 spiro atoms. The predicted octanol–water partition coefficient (Wildman–Crippen LogP) is 9.13. The van der Waals surface area contributed by atoms with Crippen LogP contribution in [0.4, 0.5) is 5.69 Å². The molecule has 0 radical (unpaired) electrons. The average molecular weight is 447 g/mol. The molecule has 0 saturated heterocycles. The van der Waals surface area contributed by atoms with Gasteiger partial charge in [0.25, 0.3) is 0 Å². The van der Waals surface area contributed by atoms with Crippen molar-refractivity contribution >= 4 is 32.4 Å². The van der Waals surface area contributed by atoms with Crippen LogP contribution < -0.4 is 4.90 Å². The van der Waals surface area contributed by atoms with Crippen molar-refractivity contribution in [1.82, 2.24) is 0 Å². The molecule has 1 nitrogen and oxygen atoms in total. The third-order valence-electron chi connectivity index (χ3n) is 5.71. The lowest BCUT2D eigenvalue weighted by atomic mass is 10.1. The van der Waals surface area contributed by atoms with Gasteiger partial charge in [0.1, 0.15) is 0 Å². The maximum absolute atomic E-state index is 3.59. The van der Waals surface area contributed by atoms with E-state index in [0.717, 1.165) is 4.47 Å². The minimum absolute atomic E-state index is 1.16. The molecule has 0 aromatic heterocycles. The van der Waals surface area contributed by atoms with E-state index in [1.165, 1.54) is 107 Å². The van der Waals surface area contributed by atoms with Gasteiger partial charge in [0.05, 0.1) is 0 Å². The van der Waals surface area contributed by atoms with Crippen LogP contribution in [-0.4, -0.2) is 13.1 Å². The molecule has 0 amide bonds. The van der Waals surface area contributed by atoms with Gasteiger partial charge in [0, 0.05) is 23.2 Å². The standard InChI is InChI=1S/C26H40BrN/c1-3-5-7-9-11-13-19-28(20-14-12-10-8-6-4-2)26-18-16-23-21-25(27)17-15-24(23)22-26/h15-18,21-22H,3-14,19-20H2,1-2H3. The molecule has 2 heteroatoms.